The van der Waals surface area contributed by atoms with E-state index in [0.29, 0.717) is 0 Å². The third-order valence-electron chi connectivity index (χ3n) is 2.72. The SMILES string of the molecule is C=CCN(CC=C)CCN1CCNCC1.Cl.Cl. The van der Waals surface area contributed by atoms with Crippen LogP contribution in [0.1, 0.15) is 0 Å². The molecule has 0 aliphatic carbocycles. The lowest BCUT2D eigenvalue weighted by Gasteiger charge is -2.29. The lowest BCUT2D eigenvalue weighted by Crippen LogP contribution is -2.46. The van der Waals surface area contributed by atoms with Gasteiger partial charge in [0, 0.05) is 52.4 Å². The second-order valence-electron chi connectivity index (χ2n) is 3.93. The summed E-state index contributed by atoms with van der Waals surface area (Å²) in [6, 6.07) is 0. The second kappa shape index (κ2) is 12.4. The normalized spacial score (nSPS) is 15.8. The van der Waals surface area contributed by atoms with E-state index in [9.17, 15) is 0 Å². The monoisotopic (exact) mass is 281 g/mol. The Hall–Kier alpha value is -0.0600. The fraction of sp³-hybridized carbons (Fsp3) is 0.667. The van der Waals surface area contributed by atoms with Crippen molar-refractivity contribution in [2.45, 2.75) is 0 Å². The Bertz CT molecular complexity index is 184. The van der Waals surface area contributed by atoms with Gasteiger partial charge >= 0.3 is 0 Å². The molecule has 1 aliphatic heterocycles. The molecule has 5 heteroatoms. The zero-order chi connectivity index (χ0) is 10.9. The van der Waals surface area contributed by atoms with Gasteiger partial charge in [0.2, 0.25) is 0 Å². The highest BCUT2D eigenvalue weighted by atomic mass is 35.5. The predicted molar refractivity (Wildman–Crippen MR) is 80.6 cm³/mol. The maximum atomic E-state index is 3.78. The molecule has 3 nitrogen and oxygen atoms in total. The largest absolute Gasteiger partial charge is 0.314 e. The van der Waals surface area contributed by atoms with Crippen LogP contribution in [-0.4, -0.2) is 62.2 Å². The van der Waals surface area contributed by atoms with E-state index in [4.69, 9.17) is 0 Å². The Balaban J connectivity index is 0. The summed E-state index contributed by atoms with van der Waals surface area (Å²) in [7, 11) is 0. The average Bonchev–Trinajstić information content (AvgIpc) is 2.28. The van der Waals surface area contributed by atoms with Crippen LogP contribution in [0, 0.1) is 0 Å². The van der Waals surface area contributed by atoms with Crippen LogP contribution < -0.4 is 5.32 Å². The summed E-state index contributed by atoms with van der Waals surface area (Å²) in [4.78, 5) is 4.87. The molecule has 0 aromatic carbocycles. The third kappa shape index (κ3) is 8.63. The topological polar surface area (TPSA) is 18.5 Å². The first-order valence-corrected chi connectivity index (χ1v) is 5.74. The highest BCUT2D eigenvalue weighted by molar-refractivity contribution is 5.85. The minimum atomic E-state index is 0. The van der Waals surface area contributed by atoms with E-state index in [-0.39, 0.29) is 24.8 Å². The molecule has 1 aliphatic rings. The molecule has 0 aromatic heterocycles. The van der Waals surface area contributed by atoms with Gasteiger partial charge < -0.3 is 5.32 Å². The van der Waals surface area contributed by atoms with Crippen molar-refractivity contribution in [3.8, 4) is 0 Å². The van der Waals surface area contributed by atoms with E-state index in [1.165, 1.54) is 13.1 Å². The highest BCUT2D eigenvalue weighted by Crippen LogP contribution is 1.95. The standard InChI is InChI=1S/C12H23N3.2ClH/c1-3-7-14(8-4-2)11-12-15-9-5-13-6-10-15;;/h3-4,13H,1-2,5-12H2;2*1H. The van der Waals surface area contributed by atoms with Gasteiger partial charge in [0.05, 0.1) is 0 Å². The number of nitrogens with one attached hydrogen (secondary N) is 1. The van der Waals surface area contributed by atoms with Crippen molar-refractivity contribution in [3.05, 3.63) is 25.3 Å². The minimum absolute atomic E-state index is 0. The van der Waals surface area contributed by atoms with E-state index in [2.05, 4.69) is 28.3 Å². The molecular formula is C12H25Cl2N3. The summed E-state index contributed by atoms with van der Waals surface area (Å²) in [5.41, 5.74) is 0. The molecule has 17 heavy (non-hydrogen) atoms. The molecule has 1 N–H and O–H groups in total. The highest BCUT2D eigenvalue weighted by Gasteiger charge is 2.10. The van der Waals surface area contributed by atoms with Gasteiger partial charge in [-0.05, 0) is 0 Å². The lowest BCUT2D eigenvalue weighted by molar-refractivity contribution is 0.204. The van der Waals surface area contributed by atoms with Crippen molar-refractivity contribution in [1.82, 2.24) is 15.1 Å². The van der Waals surface area contributed by atoms with Gasteiger partial charge in [0.1, 0.15) is 0 Å². The molecule has 0 bridgehead atoms. The summed E-state index contributed by atoms with van der Waals surface area (Å²) in [5, 5.41) is 3.37. The van der Waals surface area contributed by atoms with E-state index < -0.39 is 0 Å². The molecule has 1 rings (SSSR count). The Labute approximate surface area is 118 Å². The summed E-state index contributed by atoms with van der Waals surface area (Å²) in [6.07, 6.45) is 3.92. The average molecular weight is 282 g/mol. The molecule has 0 spiro atoms. The second-order valence-corrected chi connectivity index (χ2v) is 3.93. The smallest absolute Gasteiger partial charge is 0.0164 e. The molecule has 1 heterocycles. The summed E-state index contributed by atoms with van der Waals surface area (Å²) in [5.74, 6) is 0. The summed E-state index contributed by atoms with van der Waals surface area (Å²) in [6.45, 7) is 16.3. The number of halogens is 2. The third-order valence-corrected chi connectivity index (χ3v) is 2.72. The van der Waals surface area contributed by atoms with Crippen LogP contribution in [0.25, 0.3) is 0 Å². The molecule has 0 aromatic rings. The first-order chi connectivity index (χ1) is 7.36. The fourth-order valence-corrected chi connectivity index (χ4v) is 1.84. The first kappa shape index (κ1) is 19.3. The maximum Gasteiger partial charge on any atom is 0.0164 e. The molecule has 0 radical (unpaired) electrons. The summed E-state index contributed by atoms with van der Waals surface area (Å²) >= 11 is 0. The van der Waals surface area contributed by atoms with E-state index >= 15 is 0 Å². The van der Waals surface area contributed by atoms with Crippen LogP contribution in [0.3, 0.4) is 0 Å². The van der Waals surface area contributed by atoms with E-state index in [1.54, 1.807) is 0 Å². The molecule has 0 saturated carbocycles. The number of piperazine rings is 1. The van der Waals surface area contributed by atoms with Crippen LogP contribution in [0.4, 0.5) is 0 Å². The van der Waals surface area contributed by atoms with Crippen LogP contribution in [0.15, 0.2) is 25.3 Å². The van der Waals surface area contributed by atoms with Crippen molar-refractivity contribution < 1.29 is 0 Å². The van der Waals surface area contributed by atoms with Gasteiger partial charge in [-0.1, -0.05) is 12.2 Å². The Morgan fingerprint density at radius 3 is 2.06 bits per heavy atom. The molecule has 0 amide bonds. The van der Waals surface area contributed by atoms with Gasteiger partial charge in [-0.2, -0.15) is 0 Å². The Kier molecular flexibility index (Phi) is 14.1. The number of nitrogens with zero attached hydrogens (tertiary/aromatic N) is 2. The van der Waals surface area contributed by atoms with Crippen molar-refractivity contribution in [3.63, 3.8) is 0 Å². The maximum absolute atomic E-state index is 3.78. The fourth-order valence-electron chi connectivity index (χ4n) is 1.84. The quantitative estimate of drug-likeness (QED) is 0.712. The van der Waals surface area contributed by atoms with Crippen molar-refractivity contribution in [2.75, 3.05) is 52.4 Å². The molecule has 0 atom stereocenters. The Morgan fingerprint density at radius 2 is 1.59 bits per heavy atom. The lowest BCUT2D eigenvalue weighted by atomic mass is 10.3. The van der Waals surface area contributed by atoms with E-state index in [0.717, 1.165) is 39.3 Å². The molecule has 1 fully saturated rings. The van der Waals surface area contributed by atoms with Crippen LogP contribution in [0.2, 0.25) is 0 Å². The van der Waals surface area contributed by atoms with Crippen molar-refractivity contribution in [2.24, 2.45) is 0 Å². The van der Waals surface area contributed by atoms with E-state index in [1.807, 2.05) is 12.2 Å². The minimum Gasteiger partial charge on any atom is -0.314 e. The van der Waals surface area contributed by atoms with Gasteiger partial charge in [-0.25, -0.2) is 0 Å². The van der Waals surface area contributed by atoms with Gasteiger partial charge in [-0.3, -0.25) is 9.80 Å². The van der Waals surface area contributed by atoms with Gasteiger partial charge in [0.15, 0.2) is 0 Å². The molecule has 0 unspecified atom stereocenters. The van der Waals surface area contributed by atoms with Gasteiger partial charge in [-0.15, -0.1) is 38.0 Å². The molecule has 102 valence electrons. The van der Waals surface area contributed by atoms with Crippen LogP contribution in [0.5, 0.6) is 0 Å². The zero-order valence-electron chi connectivity index (χ0n) is 10.4. The number of rotatable bonds is 7. The molecular weight excluding hydrogens is 257 g/mol. The van der Waals surface area contributed by atoms with Crippen LogP contribution >= 0.6 is 24.8 Å². The molecule has 1 saturated heterocycles. The van der Waals surface area contributed by atoms with Crippen molar-refractivity contribution in [1.29, 1.82) is 0 Å². The van der Waals surface area contributed by atoms with Crippen LogP contribution in [-0.2, 0) is 0 Å². The van der Waals surface area contributed by atoms with Crippen molar-refractivity contribution >= 4 is 24.8 Å². The zero-order valence-corrected chi connectivity index (χ0v) is 12.1. The summed E-state index contributed by atoms with van der Waals surface area (Å²) < 4.78 is 0. The Morgan fingerprint density at radius 1 is 1.06 bits per heavy atom. The van der Waals surface area contributed by atoms with Gasteiger partial charge in [0.25, 0.3) is 0 Å². The number of hydrogen-bond acceptors (Lipinski definition) is 3. The number of hydrogen-bond donors (Lipinski definition) is 1. The first-order valence-electron chi connectivity index (χ1n) is 5.74. The predicted octanol–water partition coefficient (Wildman–Crippen LogP) is 1.41.